The Morgan fingerprint density at radius 2 is 0.560 bits per heavy atom. The van der Waals surface area contributed by atoms with Crippen LogP contribution in [0, 0.1) is 0 Å². The summed E-state index contributed by atoms with van der Waals surface area (Å²) in [5.41, 5.74) is 33.8. The monoisotopic (exact) mass is 716 g/mol. The molecule has 50 heavy (non-hydrogen) atoms. The summed E-state index contributed by atoms with van der Waals surface area (Å²) < 4.78 is 0. The van der Waals surface area contributed by atoms with Crippen LogP contribution in [0.3, 0.4) is 0 Å². The average molecular weight is 716 g/mol. The predicted octanol–water partition coefficient (Wildman–Crippen LogP) is 3.19. The van der Waals surface area contributed by atoms with E-state index in [0.29, 0.717) is 0 Å². The summed E-state index contributed by atoms with van der Waals surface area (Å²) in [6.07, 6.45) is 20.8. The molecule has 0 bridgehead atoms. The van der Waals surface area contributed by atoms with Crippen LogP contribution in [0.2, 0.25) is 0 Å². The first-order valence-electron chi connectivity index (χ1n) is 21.4. The van der Waals surface area contributed by atoms with Gasteiger partial charge >= 0.3 is 0 Å². The molecule has 0 rings (SSSR count). The number of nitrogens with two attached hydrogens (primary N) is 6. The third-order valence-corrected chi connectivity index (χ3v) is 9.25. The van der Waals surface area contributed by atoms with Crippen molar-refractivity contribution >= 4 is 0 Å². The third-order valence-electron chi connectivity index (χ3n) is 9.25. The molecule has 0 aromatic rings. The summed E-state index contributed by atoms with van der Waals surface area (Å²) in [6.45, 7) is 25.6. The molecule has 0 unspecified atom stereocenters. The second-order valence-electron chi connectivity index (χ2n) is 14.2. The van der Waals surface area contributed by atoms with E-state index >= 15 is 0 Å². The number of nitrogens with zero attached hydrogens (tertiary/aromatic N) is 4. The lowest BCUT2D eigenvalue weighted by Gasteiger charge is -2.27. The maximum atomic E-state index is 5.83. The lowest BCUT2D eigenvalue weighted by Crippen LogP contribution is -2.34. The molecule has 0 aromatic carbocycles. The molecule has 0 heterocycles. The zero-order valence-electron chi connectivity index (χ0n) is 33.9. The van der Waals surface area contributed by atoms with Gasteiger partial charge in [0.1, 0.15) is 0 Å². The standard InChI is InChI=1S/C28H66N8.C11H27N3/c1-3-17-33(25-11-26-34(18-4-2)21-7-13-29)19-5-6-20-35(22-8-14-30)27-12-28-36(23-9-15-31)24-10-16-32;12-8-5-3-1-2-4-6-10-14-11-7-9-13/h3-32H2,1-2H3;14H,1-13H2. The molecule has 0 radical (unpaired) electrons. The van der Waals surface area contributed by atoms with Gasteiger partial charge in [-0.25, -0.2) is 0 Å². The quantitative estimate of drug-likeness (QED) is 0.0463. The van der Waals surface area contributed by atoms with E-state index in [-0.39, 0.29) is 0 Å². The molecule has 304 valence electrons. The summed E-state index contributed by atoms with van der Waals surface area (Å²) in [5.74, 6) is 0. The first kappa shape index (κ1) is 51.7. The summed E-state index contributed by atoms with van der Waals surface area (Å²) in [5, 5.41) is 3.39. The summed E-state index contributed by atoms with van der Waals surface area (Å²) in [4.78, 5) is 10.5. The Hall–Kier alpha value is -0.440. The fraction of sp³-hybridized carbons (Fsp3) is 1.00. The van der Waals surface area contributed by atoms with Crippen LogP contribution in [0.1, 0.15) is 123 Å². The largest absolute Gasteiger partial charge is 0.330 e. The number of hydrogen-bond acceptors (Lipinski definition) is 11. The Kier molecular flexibility index (Phi) is 46.2. The van der Waals surface area contributed by atoms with E-state index in [1.165, 1.54) is 116 Å². The highest BCUT2D eigenvalue weighted by Crippen LogP contribution is 2.06. The van der Waals surface area contributed by atoms with Crippen LogP contribution in [0.4, 0.5) is 0 Å². The highest BCUT2D eigenvalue weighted by molar-refractivity contribution is 4.67. The first-order chi connectivity index (χ1) is 24.6. The van der Waals surface area contributed by atoms with Crippen molar-refractivity contribution in [3.8, 4) is 0 Å². The topological polar surface area (TPSA) is 181 Å². The second kappa shape index (κ2) is 44.7. The summed E-state index contributed by atoms with van der Waals surface area (Å²) >= 11 is 0. The van der Waals surface area contributed by atoms with Crippen LogP contribution in [-0.2, 0) is 0 Å². The molecule has 0 saturated carbocycles. The lowest BCUT2D eigenvalue weighted by molar-refractivity contribution is 0.207. The van der Waals surface area contributed by atoms with E-state index in [2.05, 4.69) is 38.8 Å². The molecule has 0 aliphatic carbocycles. The fourth-order valence-electron chi connectivity index (χ4n) is 6.39. The van der Waals surface area contributed by atoms with Crippen molar-refractivity contribution in [2.24, 2.45) is 34.4 Å². The molecule has 13 N–H and O–H groups in total. The van der Waals surface area contributed by atoms with Crippen molar-refractivity contribution in [1.82, 2.24) is 24.9 Å². The van der Waals surface area contributed by atoms with Gasteiger partial charge in [0, 0.05) is 0 Å². The zero-order valence-corrected chi connectivity index (χ0v) is 33.9. The van der Waals surface area contributed by atoms with Crippen molar-refractivity contribution in [3.63, 3.8) is 0 Å². The molecule has 11 heteroatoms. The van der Waals surface area contributed by atoms with E-state index in [9.17, 15) is 0 Å². The van der Waals surface area contributed by atoms with Gasteiger partial charge in [-0.15, -0.1) is 0 Å². The van der Waals surface area contributed by atoms with Crippen LogP contribution in [0.25, 0.3) is 0 Å². The van der Waals surface area contributed by atoms with E-state index in [1.807, 2.05) is 0 Å². The Morgan fingerprint density at radius 3 is 0.920 bits per heavy atom. The minimum atomic E-state index is 0.766. The van der Waals surface area contributed by atoms with Gasteiger partial charge in [-0.3, -0.25) is 0 Å². The Balaban J connectivity index is 0. The SMILES string of the molecule is CCCN(CCCN)CCCN(CCC)CCCCN(CCCN)CCCN(CCCN)CCCN.NCCCCCCCCNCCCN. The maximum Gasteiger partial charge on any atom is -0.000653 e. The predicted molar refractivity (Wildman–Crippen MR) is 223 cm³/mol. The second-order valence-corrected chi connectivity index (χ2v) is 14.2. The minimum Gasteiger partial charge on any atom is -0.330 e. The Morgan fingerprint density at radius 1 is 0.280 bits per heavy atom. The molecular weight excluding hydrogens is 623 g/mol. The van der Waals surface area contributed by atoms with Gasteiger partial charge < -0.3 is 59.3 Å². The molecule has 0 aromatic heterocycles. The van der Waals surface area contributed by atoms with Crippen LogP contribution < -0.4 is 39.7 Å². The fourth-order valence-corrected chi connectivity index (χ4v) is 6.39. The molecular formula is C39H93N11. The average Bonchev–Trinajstić information content (AvgIpc) is 3.12. The summed E-state index contributed by atoms with van der Waals surface area (Å²) in [7, 11) is 0. The van der Waals surface area contributed by atoms with Gasteiger partial charge in [0.15, 0.2) is 0 Å². The molecule has 0 fully saturated rings. The molecule has 0 aliphatic rings. The highest BCUT2D eigenvalue weighted by atomic mass is 15.2. The molecule has 0 atom stereocenters. The van der Waals surface area contributed by atoms with Gasteiger partial charge in [-0.1, -0.05) is 39.5 Å². The van der Waals surface area contributed by atoms with Crippen molar-refractivity contribution in [2.45, 2.75) is 123 Å². The van der Waals surface area contributed by atoms with Gasteiger partial charge in [0.05, 0.1) is 0 Å². The van der Waals surface area contributed by atoms with Crippen LogP contribution in [0.15, 0.2) is 0 Å². The molecule has 0 amide bonds. The van der Waals surface area contributed by atoms with E-state index < -0.39 is 0 Å². The summed E-state index contributed by atoms with van der Waals surface area (Å²) in [6, 6.07) is 0. The smallest absolute Gasteiger partial charge is 0.000653 e. The van der Waals surface area contributed by atoms with Crippen molar-refractivity contribution in [2.75, 3.05) is 131 Å². The Labute approximate surface area is 312 Å². The third kappa shape index (κ3) is 38.8. The highest BCUT2D eigenvalue weighted by Gasteiger charge is 2.10. The number of unbranched alkanes of at least 4 members (excludes halogenated alkanes) is 6. The normalized spacial score (nSPS) is 11.8. The minimum absolute atomic E-state index is 0.766. The number of nitrogens with one attached hydrogen (secondary N) is 1. The van der Waals surface area contributed by atoms with E-state index in [1.54, 1.807) is 0 Å². The molecule has 11 nitrogen and oxygen atoms in total. The van der Waals surface area contributed by atoms with E-state index in [4.69, 9.17) is 34.4 Å². The van der Waals surface area contributed by atoms with Crippen molar-refractivity contribution in [1.29, 1.82) is 0 Å². The zero-order chi connectivity index (χ0) is 37.2. The van der Waals surface area contributed by atoms with Gasteiger partial charge in [0.25, 0.3) is 0 Å². The number of hydrogen-bond donors (Lipinski definition) is 7. The van der Waals surface area contributed by atoms with Crippen LogP contribution in [0.5, 0.6) is 0 Å². The van der Waals surface area contributed by atoms with Crippen molar-refractivity contribution in [3.05, 3.63) is 0 Å². The Bertz CT molecular complexity index is 582. The van der Waals surface area contributed by atoms with Crippen LogP contribution >= 0.6 is 0 Å². The first-order valence-corrected chi connectivity index (χ1v) is 21.4. The van der Waals surface area contributed by atoms with Gasteiger partial charge in [0.2, 0.25) is 0 Å². The molecule has 0 aliphatic heterocycles. The lowest BCUT2D eigenvalue weighted by atomic mass is 10.1. The van der Waals surface area contributed by atoms with E-state index in [0.717, 1.165) is 124 Å². The van der Waals surface area contributed by atoms with Gasteiger partial charge in [-0.2, -0.15) is 0 Å². The van der Waals surface area contributed by atoms with Gasteiger partial charge in [-0.05, 0) is 214 Å². The molecule has 0 spiro atoms. The maximum absolute atomic E-state index is 5.83. The van der Waals surface area contributed by atoms with Crippen LogP contribution in [-0.4, -0.2) is 150 Å². The molecule has 0 saturated heterocycles. The number of rotatable bonds is 40. The van der Waals surface area contributed by atoms with Crippen molar-refractivity contribution < 1.29 is 0 Å².